The summed E-state index contributed by atoms with van der Waals surface area (Å²) in [7, 11) is -8.84. The van der Waals surface area contributed by atoms with Crippen molar-refractivity contribution in [3.63, 3.8) is 0 Å². The summed E-state index contributed by atoms with van der Waals surface area (Å²) in [5, 5.41) is 0. The monoisotopic (exact) mass is 442 g/mol. The summed E-state index contributed by atoms with van der Waals surface area (Å²) in [6.07, 6.45) is 3.60. The van der Waals surface area contributed by atoms with Crippen LogP contribution in [0.3, 0.4) is 0 Å². The highest BCUT2D eigenvalue weighted by Gasteiger charge is 2.14. The van der Waals surface area contributed by atoms with Crippen molar-refractivity contribution in [2.24, 2.45) is 0 Å². The van der Waals surface area contributed by atoms with Crippen molar-refractivity contribution in [3.8, 4) is 0 Å². The molecule has 2 unspecified atom stereocenters. The molecule has 0 aromatic rings. The van der Waals surface area contributed by atoms with Gasteiger partial charge < -0.3 is 0 Å². The molecule has 0 fully saturated rings. The number of hydrogen-bond donors (Lipinski definition) is 0. The molecule has 0 heterocycles. The van der Waals surface area contributed by atoms with Crippen molar-refractivity contribution >= 4 is 42.1 Å². The molecule has 0 bridgehead atoms. The first-order valence-electron chi connectivity index (χ1n) is 7.64. The molecule has 0 aromatic carbocycles. The van der Waals surface area contributed by atoms with Gasteiger partial charge in [-0.05, 0) is 19.3 Å². The van der Waals surface area contributed by atoms with E-state index in [4.69, 9.17) is 4.18 Å². The van der Waals surface area contributed by atoms with Gasteiger partial charge in [-0.15, -0.1) is 0 Å². The standard InChI is InChI=1S/C12H26O9S4/c1-3-8-19-23(14)12-21-25(17,18)10-7-5-4-6-9-24(15,16)20-11-22(2)13/h3-12H2,1-2H3. The Kier molecular flexibility index (Phi) is 13.3. The van der Waals surface area contributed by atoms with E-state index in [2.05, 4.69) is 8.37 Å². The summed E-state index contributed by atoms with van der Waals surface area (Å²) >= 11 is -1.80. The Bertz CT molecular complexity index is 612. The highest BCUT2D eigenvalue weighted by atomic mass is 32.2. The molecule has 0 saturated carbocycles. The van der Waals surface area contributed by atoms with Gasteiger partial charge in [0.2, 0.25) is 0 Å². The number of hydrogen-bond acceptors (Lipinski definition) is 9. The van der Waals surface area contributed by atoms with Crippen LogP contribution in [0.1, 0.15) is 39.0 Å². The Morgan fingerprint density at radius 2 is 1.28 bits per heavy atom. The van der Waals surface area contributed by atoms with E-state index in [1.54, 1.807) is 0 Å². The van der Waals surface area contributed by atoms with E-state index >= 15 is 0 Å². The molecule has 0 aromatic heterocycles. The van der Waals surface area contributed by atoms with Crippen LogP contribution in [0, 0.1) is 0 Å². The van der Waals surface area contributed by atoms with Crippen molar-refractivity contribution in [1.29, 1.82) is 0 Å². The highest BCUT2D eigenvalue weighted by Crippen LogP contribution is 2.07. The third-order valence-electron chi connectivity index (χ3n) is 2.68. The average Bonchev–Trinajstić information content (AvgIpc) is 2.52. The van der Waals surface area contributed by atoms with Crippen LogP contribution in [0.2, 0.25) is 0 Å². The van der Waals surface area contributed by atoms with Crippen molar-refractivity contribution < 1.29 is 37.8 Å². The van der Waals surface area contributed by atoms with E-state index in [9.17, 15) is 25.3 Å². The molecule has 9 nitrogen and oxygen atoms in total. The molecular formula is C12H26O9S4. The lowest BCUT2D eigenvalue weighted by Crippen LogP contribution is -2.15. The van der Waals surface area contributed by atoms with Gasteiger partial charge in [0, 0.05) is 17.1 Å². The van der Waals surface area contributed by atoms with Crippen LogP contribution < -0.4 is 0 Å². The first-order chi connectivity index (χ1) is 11.6. The Hall–Kier alpha value is 0.0800. The lowest BCUT2D eigenvalue weighted by molar-refractivity contribution is 0.314. The molecule has 0 spiro atoms. The van der Waals surface area contributed by atoms with E-state index in [-0.39, 0.29) is 24.1 Å². The summed E-state index contributed by atoms with van der Waals surface area (Å²) in [5.41, 5.74) is 0. The molecule has 0 aliphatic carbocycles. The largest absolute Gasteiger partial charge is 0.289 e. The maximum atomic E-state index is 11.6. The molecule has 0 aliphatic rings. The summed E-state index contributed by atoms with van der Waals surface area (Å²) in [6.45, 7) is 2.09. The second kappa shape index (κ2) is 13.3. The zero-order valence-corrected chi connectivity index (χ0v) is 17.6. The van der Waals surface area contributed by atoms with Crippen molar-refractivity contribution in [1.82, 2.24) is 0 Å². The molecule has 13 heteroatoms. The minimum absolute atomic E-state index is 0.207. The van der Waals surface area contributed by atoms with Gasteiger partial charge in [0.05, 0.1) is 18.1 Å². The summed E-state index contributed by atoms with van der Waals surface area (Å²) in [4.78, 5) is 0. The third-order valence-corrected chi connectivity index (χ3v) is 6.69. The average molecular weight is 443 g/mol. The maximum absolute atomic E-state index is 11.6. The normalized spacial score (nSPS) is 15.1. The fourth-order valence-corrected chi connectivity index (χ4v) is 5.29. The maximum Gasteiger partial charge on any atom is 0.268 e. The van der Waals surface area contributed by atoms with Gasteiger partial charge in [-0.1, -0.05) is 19.8 Å². The van der Waals surface area contributed by atoms with Crippen LogP contribution in [0.25, 0.3) is 0 Å². The smallest absolute Gasteiger partial charge is 0.268 e. The fourth-order valence-electron chi connectivity index (χ4n) is 1.49. The quantitative estimate of drug-likeness (QED) is 0.249. The van der Waals surface area contributed by atoms with Gasteiger partial charge in [0.1, 0.15) is 5.94 Å². The second-order valence-electron chi connectivity index (χ2n) is 5.11. The van der Waals surface area contributed by atoms with Crippen molar-refractivity contribution in [2.45, 2.75) is 39.0 Å². The molecule has 152 valence electrons. The lowest BCUT2D eigenvalue weighted by atomic mass is 10.2. The third kappa shape index (κ3) is 16.0. The van der Waals surface area contributed by atoms with Crippen LogP contribution in [-0.4, -0.2) is 61.5 Å². The van der Waals surface area contributed by atoms with E-state index in [1.165, 1.54) is 6.26 Å². The second-order valence-corrected chi connectivity index (χ2v) is 11.1. The lowest BCUT2D eigenvalue weighted by Gasteiger charge is -2.06. The first-order valence-corrected chi connectivity index (χ1v) is 13.8. The Morgan fingerprint density at radius 3 is 1.72 bits per heavy atom. The van der Waals surface area contributed by atoms with Gasteiger partial charge in [0.15, 0.2) is 17.0 Å². The minimum Gasteiger partial charge on any atom is -0.289 e. The SMILES string of the molecule is CCCOS(=O)COS(=O)(=O)CCCCCCS(=O)(=O)OCS(C)=O. The van der Waals surface area contributed by atoms with Gasteiger partial charge in [0.25, 0.3) is 20.2 Å². The first kappa shape index (κ1) is 25.1. The van der Waals surface area contributed by atoms with Crippen LogP contribution in [-0.2, 0) is 54.7 Å². The molecule has 25 heavy (non-hydrogen) atoms. The van der Waals surface area contributed by atoms with Gasteiger partial charge in [-0.2, -0.15) is 16.8 Å². The summed E-state index contributed by atoms with van der Waals surface area (Å²) in [5.74, 6) is -1.34. The predicted molar refractivity (Wildman–Crippen MR) is 96.4 cm³/mol. The van der Waals surface area contributed by atoms with E-state index in [0.29, 0.717) is 32.1 Å². The molecule has 0 N–H and O–H groups in total. The van der Waals surface area contributed by atoms with E-state index in [1.807, 2.05) is 6.92 Å². The molecule has 0 radical (unpaired) electrons. The van der Waals surface area contributed by atoms with Gasteiger partial charge >= 0.3 is 0 Å². The Morgan fingerprint density at radius 1 is 0.800 bits per heavy atom. The summed E-state index contributed by atoms with van der Waals surface area (Å²) in [6, 6.07) is 0. The molecular weight excluding hydrogens is 416 g/mol. The molecule has 0 amide bonds. The molecule has 0 aliphatic heterocycles. The van der Waals surface area contributed by atoms with Gasteiger partial charge in [-0.25, -0.2) is 4.21 Å². The van der Waals surface area contributed by atoms with Crippen molar-refractivity contribution in [2.75, 3.05) is 36.2 Å². The minimum atomic E-state index is -3.79. The molecule has 0 rings (SSSR count). The summed E-state index contributed by atoms with van der Waals surface area (Å²) < 4.78 is 82.1. The van der Waals surface area contributed by atoms with E-state index in [0.717, 1.165) is 0 Å². The predicted octanol–water partition coefficient (Wildman–Crippen LogP) is 0.623. The van der Waals surface area contributed by atoms with Crippen LogP contribution in [0.5, 0.6) is 0 Å². The van der Waals surface area contributed by atoms with Crippen molar-refractivity contribution in [3.05, 3.63) is 0 Å². The zero-order chi connectivity index (χ0) is 19.3. The van der Waals surface area contributed by atoms with E-state index < -0.39 is 48.1 Å². The molecule has 0 saturated heterocycles. The van der Waals surface area contributed by atoms with Crippen LogP contribution in [0.4, 0.5) is 0 Å². The van der Waals surface area contributed by atoms with Crippen LogP contribution in [0.15, 0.2) is 0 Å². The number of unbranched alkanes of at least 4 members (excludes halogenated alkanes) is 3. The Labute approximate surface area is 155 Å². The van der Waals surface area contributed by atoms with Crippen LogP contribution >= 0.6 is 0 Å². The highest BCUT2D eigenvalue weighted by molar-refractivity contribution is 7.88. The zero-order valence-electron chi connectivity index (χ0n) is 14.4. The van der Waals surface area contributed by atoms with Gasteiger partial charge in [-0.3, -0.25) is 16.8 Å². The number of rotatable bonds is 16. The topological polar surface area (TPSA) is 130 Å². The molecule has 2 atom stereocenters. The fraction of sp³-hybridized carbons (Fsp3) is 1.00. The Balaban J connectivity index is 3.85.